The molecule has 0 aliphatic rings. The molecular weight excluding hydrogens is 574 g/mol. The van der Waals surface area contributed by atoms with Crippen molar-refractivity contribution in [1.82, 2.24) is 0 Å². The third-order valence-corrected chi connectivity index (χ3v) is 5.27. The summed E-state index contributed by atoms with van der Waals surface area (Å²) in [6, 6.07) is 0. The SMILES string of the molecule is Nc1c(I)c(C(=O)O)c(I)c(C(=O)Cl)c1I. The van der Waals surface area contributed by atoms with E-state index in [0.29, 0.717) is 10.7 Å². The molecule has 86 valence electrons. The Morgan fingerprint density at radius 3 is 1.88 bits per heavy atom. The number of carbonyl (C=O) groups is 2. The average Bonchev–Trinajstić information content (AvgIpc) is 2.13. The van der Waals surface area contributed by atoms with Crippen molar-refractivity contribution in [2.24, 2.45) is 0 Å². The summed E-state index contributed by atoms with van der Waals surface area (Å²) >= 11 is 10.9. The van der Waals surface area contributed by atoms with Crippen LogP contribution in [0.4, 0.5) is 5.69 Å². The van der Waals surface area contributed by atoms with Gasteiger partial charge in [0.05, 0.1) is 24.0 Å². The standard InChI is InChI=1S/C8H3ClI3NO3/c9-7(14)1-3(10)2(8(15)16)5(12)6(13)4(1)11/h13H2,(H,15,16). The minimum Gasteiger partial charge on any atom is -0.478 e. The van der Waals surface area contributed by atoms with Crippen LogP contribution < -0.4 is 5.73 Å². The average molecular weight is 577 g/mol. The zero-order valence-electron chi connectivity index (χ0n) is 7.35. The van der Waals surface area contributed by atoms with Gasteiger partial charge in [0.2, 0.25) is 0 Å². The monoisotopic (exact) mass is 577 g/mol. The van der Waals surface area contributed by atoms with Crippen molar-refractivity contribution in [3.8, 4) is 0 Å². The molecular formula is C8H3ClI3NO3. The third-order valence-electron chi connectivity index (χ3n) is 1.76. The molecule has 0 bridgehead atoms. The molecule has 0 saturated carbocycles. The number of halogens is 4. The molecule has 1 aromatic rings. The summed E-state index contributed by atoms with van der Waals surface area (Å²) in [5.41, 5.74) is 6.17. The van der Waals surface area contributed by atoms with E-state index in [-0.39, 0.29) is 16.8 Å². The number of carboxylic acid groups (broad SMARTS) is 1. The zero-order chi connectivity index (χ0) is 12.6. The summed E-state index contributed by atoms with van der Waals surface area (Å²) in [4.78, 5) is 22.3. The number of hydrogen-bond acceptors (Lipinski definition) is 3. The van der Waals surface area contributed by atoms with Gasteiger partial charge in [0.15, 0.2) is 0 Å². The Morgan fingerprint density at radius 2 is 1.50 bits per heavy atom. The molecule has 0 radical (unpaired) electrons. The van der Waals surface area contributed by atoms with Gasteiger partial charge in [-0.25, -0.2) is 4.79 Å². The first-order valence-corrected chi connectivity index (χ1v) is 7.29. The largest absolute Gasteiger partial charge is 0.478 e. The van der Waals surface area contributed by atoms with Crippen LogP contribution in [0.1, 0.15) is 20.7 Å². The lowest BCUT2D eigenvalue weighted by molar-refractivity contribution is 0.0694. The maximum atomic E-state index is 11.2. The number of carboxylic acids is 1. The van der Waals surface area contributed by atoms with Crippen LogP contribution in [0.25, 0.3) is 0 Å². The van der Waals surface area contributed by atoms with Crippen LogP contribution >= 0.6 is 79.4 Å². The number of nitrogens with two attached hydrogens (primary N) is 1. The van der Waals surface area contributed by atoms with Crippen molar-refractivity contribution >= 4 is 96.3 Å². The lowest BCUT2D eigenvalue weighted by Crippen LogP contribution is -2.13. The van der Waals surface area contributed by atoms with E-state index < -0.39 is 11.2 Å². The van der Waals surface area contributed by atoms with Crippen LogP contribution in [0.5, 0.6) is 0 Å². The van der Waals surface area contributed by atoms with Gasteiger partial charge in [0, 0.05) is 3.57 Å². The van der Waals surface area contributed by atoms with Crippen LogP contribution in [0.2, 0.25) is 0 Å². The van der Waals surface area contributed by atoms with Crippen LogP contribution in [0.15, 0.2) is 0 Å². The summed E-state index contributed by atoms with van der Waals surface area (Å²) in [5.74, 6) is -1.13. The summed E-state index contributed by atoms with van der Waals surface area (Å²) in [6.45, 7) is 0. The normalized spacial score (nSPS) is 10.2. The fraction of sp³-hybridized carbons (Fsp3) is 0. The molecule has 0 fully saturated rings. The lowest BCUT2D eigenvalue weighted by atomic mass is 10.1. The lowest BCUT2D eigenvalue weighted by Gasteiger charge is -2.12. The zero-order valence-corrected chi connectivity index (χ0v) is 14.6. The molecule has 4 nitrogen and oxygen atoms in total. The van der Waals surface area contributed by atoms with Gasteiger partial charge >= 0.3 is 5.97 Å². The quantitative estimate of drug-likeness (QED) is 0.322. The van der Waals surface area contributed by atoms with E-state index in [4.69, 9.17) is 22.4 Å². The number of benzene rings is 1. The number of hydrogen-bond donors (Lipinski definition) is 2. The van der Waals surface area contributed by atoms with E-state index in [2.05, 4.69) is 0 Å². The Kier molecular flexibility index (Phi) is 5.07. The van der Waals surface area contributed by atoms with Gasteiger partial charge in [-0.15, -0.1) is 0 Å². The fourth-order valence-electron chi connectivity index (χ4n) is 1.04. The molecule has 16 heavy (non-hydrogen) atoms. The van der Waals surface area contributed by atoms with E-state index in [1.54, 1.807) is 22.6 Å². The van der Waals surface area contributed by atoms with Gasteiger partial charge in [0.25, 0.3) is 5.24 Å². The predicted molar refractivity (Wildman–Crippen MR) is 86.1 cm³/mol. The Balaban J connectivity index is 3.80. The van der Waals surface area contributed by atoms with Crippen molar-refractivity contribution in [1.29, 1.82) is 0 Å². The molecule has 1 rings (SSSR count). The molecule has 0 amide bonds. The predicted octanol–water partition coefficient (Wildman–Crippen LogP) is 3.16. The first kappa shape index (κ1) is 14.7. The van der Waals surface area contributed by atoms with Crippen molar-refractivity contribution in [2.45, 2.75) is 0 Å². The highest BCUT2D eigenvalue weighted by Crippen LogP contribution is 2.34. The Labute approximate surface area is 137 Å². The number of anilines is 1. The molecule has 1 aromatic carbocycles. The topological polar surface area (TPSA) is 80.4 Å². The number of carbonyl (C=O) groups excluding carboxylic acids is 1. The van der Waals surface area contributed by atoms with Gasteiger partial charge in [0.1, 0.15) is 0 Å². The van der Waals surface area contributed by atoms with Crippen LogP contribution in [0, 0.1) is 10.7 Å². The van der Waals surface area contributed by atoms with Crippen LogP contribution in [-0.2, 0) is 0 Å². The highest BCUT2D eigenvalue weighted by atomic mass is 127. The molecule has 0 spiro atoms. The van der Waals surface area contributed by atoms with Crippen LogP contribution in [0.3, 0.4) is 0 Å². The highest BCUT2D eigenvalue weighted by Gasteiger charge is 2.25. The molecule has 0 unspecified atom stereocenters. The maximum absolute atomic E-state index is 11.2. The molecule has 3 N–H and O–H groups in total. The number of aromatic carboxylic acids is 1. The molecule has 0 aliphatic heterocycles. The van der Waals surface area contributed by atoms with Gasteiger partial charge in [-0.05, 0) is 79.4 Å². The van der Waals surface area contributed by atoms with Gasteiger partial charge in [-0.3, -0.25) is 4.79 Å². The molecule has 0 aliphatic carbocycles. The molecule has 0 atom stereocenters. The summed E-state index contributed by atoms with van der Waals surface area (Å²) in [7, 11) is 0. The second kappa shape index (κ2) is 5.52. The fourth-order valence-corrected chi connectivity index (χ4v) is 5.67. The van der Waals surface area contributed by atoms with Crippen molar-refractivity contribution in [3.05, 3.63) is 21.8 Å². The molecule has 8 heteroatoms. The Hall–Kier alpha value is 0.640. The van der Waals surface area contributed by atoms with Gasteiger partial charge < -0.3 is 10.8 Å². The number of nitrogen functional groups attached to an aromatic ring is 1. The summed E-state index contributed by atoms with van der Waals surface area (Å²) in [6.07, 6.45) is 0. The maximum Gasteiger partial charge on any atom is 0.337 e. The summed E-state index contributed by atoms with van der Waals surface area (Å²) in [5, 5.41) is 8.34. The molecule has 0 heterocycles. The van der Waals surface area contributed by atoms with E-state index in [1.165, 1.54) is 0 Å². The van der Waals surface area contributed by atoms with Gasteiger partial charge in [-0.1, -0.05) is 0 Å². The minimum absolute atomic E-state index is 0.0168. The van der Waals surface area contributed by atoms with E-state index in [1.807, 2.05) is 45.2 Å². The number of rotatable bonds is 2. The first-order valence-electron chi connectivity index (χ1n) is 3.68. The minimum atomic E-state index is -1.13. The van der Waals surface area contributed by atoms with Gasteiger partial charge in [-0.2, -0.15) is 0 Å². The Morgan fingerprint density at radius 1 is 1.06 bits per heavy atom. The van der Waals surface area contributed by atoms with Crippen molar-refractivity contribution < 1.29 is 14.7 Å². The highest BCUT2D eigenvalue weighted by molar-refractivity contribution is 14.1. The van der Waals surface area contributed by atoms with E-state index in [9.17, 15) is 9.59 Å². The second-order valence-corrected chi connectivity index (χ2v) is 6.26. The second-order valence-electron chi connectivity index (χ2n) is 2.68. The first-order chi connectivity index (χ1) is 7.29. The Bertz CT molecular complexity index is 463. The van der Waals surface area contributed by atoms with Crippen molar-refractivity contribution in [2.75, 3.05) is 5.73 Å². The molecule has 0 saturated heterocycles. The smallest absolute Gasteiger partial charge is 0.337 e. The van der Waals surface area contributed by atoms with Crippen LogP contribution in [-0.4, -0.2) is 16.3 Å². The van der Waals surface area contributed by atoms with E-state index >= 15 is 0 Å². The molecule has 0 aromatic heterocycles. The third kappa shape index (κ3) is 2.56. The van der Waals surface area contributed by atoms with Crippen molar-refractivity contribution in [3.63, 3.8) is 0 Å². The summed E-state index contributed by atoms with van der Waals surface area (Å²) < 4.78 is 1.21. The van der Waals surface area contributed by atoms with E-state index in [0.717, 1.165) is 0 Å².